The van der Waals surface area contributed by atoms with E-state index in [0.29, 0.717) is 0 Å². The zero-order chi connectivity index (χ0) is 64.1. The van der Waals surface area contributed by atoms with Crippen LogP contribution in [-0.4, -0.2) is 57.0 Å². The van der Waals surface area contributed by atoms with E-state index in [1.54, 1.807) is 135 Å². The molecule has 18 aliphatic carbocycles. The van der Waals surface area contributed by atoms with Gasteiger partial charge in [-0.2, -0.15) is 0 Å². The van der Waals surface area contributed by atoms with Gasteiger partial charge in [0.05, 0.1) is 26.4 Å². The summed E-state index contributed by atoms with van der Waals surface area (Å²) in [6.07, 6.45) is 68.9. The van der Waals surface area contributed by atoms with Gasteiger partial charge >= 0.3 is 0 Å². The van der Waals surface area contributed by atoms with Crippen molar-refractivity contribution in [2.24, 2.45) is 99.1 Å². The lowest BCUT2D eigenvalue weighted by Crippen LogP contribution is -2.61. The maximum Gasteiger partial charge on any atom is 0.174 e. The van der Waals surface area contributed by atoms with Gasteiger partial charge in [-0.15, -0.1) is 0 Å². The molecule has 2 atom stereocenters. The Kier molecular flexibility index (Phi) is 31.1. The lowest BCUT2D eigenvalue weighted by atomic mass is 9.43. The van der Waals surface area contributed by atoms with Crippen molar-refractivity contribution in [1.82, 2.24) is 0 Å². The fourth-order valence-corrected chi connectivity index (χ4v) is 24.9. The van der Waals surface area contributed by atoms with Crippen molar-refractivity contribution in [3.63, 3.8) is 0 Å². The quantitative estimate of drug-likeness (QED) is 0.241. The van der Waals surface area contributed by atoms with Crippen LogP contribution < -0.4 is 0 Å². The van der Waals surface area contributed by atoms with Gasteiger partial charge in [0.1, 0.15) is 0 Å². The highest BCUT2D eigenvalue weighted by atomic mass is 16.7. The van der Waals surface area contributed by atoms with E-state index in [2.05, 4.69) is 0 Å². The molecular weight excluding hydrogens is 1100 g/mol. The SMILES string of the molecule is C1CCCC2(CC1)C1CC3CC(C1)CC2C3.C1CCCC2(CC1)CC1CCC2C1.C1CCCC2(CC1)CCCCC2.C1COC2(O1)C1CC3CC(C1)CC2C3.C1COC2(OC1)C1CC3CC(C1)CC2C3.CC.CC.CC.CC.CC.CC1(C)OCCCCCO1. The average Bonchev–Trinajstić information content (AvgIpc) is 0.757. The Morgan fingerprint density at radius 2 is 0.522 bits per heavy atom. The van der Waals surface area contributed by atoms with Crippen molar-refractivity contribution in [2.75, 3.05) is 39.6 Å². The normalized spacial score (nSPS) is 39.1. The largest absolute Gasteiger partial charge is 0.351 e. The molecule has 0 aromatic rings. The smallest absolute Gasteiger partial charge is 0.174 e. The summed E-state index contributed by atoms with van der Waals surface area (Å²) in [4.78, 5) is 0. The van der Waals surface area contributed by atoms with Crippen LogP contribution in [0.25, 0.3) is 0 Å². The van der Waals surface area contributed by atoms with E-state index in [4.69, 9.17) is 28.4 Å². The van der Waals surface area contributed by atoms with Crippen molar-refractivity contribution in [3.05, 3.63) is 0 Å². The Morgan fingerprint density at radius 3 is 0.867 bits per heavy atom. The fourth-order valence-electron chi connectivity index (χ4n) is 24.9. The van der Waals surface area contributed by atoms with Crippen molar-refractivity contribution in [3.8, 4) is 0 Å². The minimum atomic E-state index is -0.347. The minimum absolute atomic E-state index is 0.104. The molecule has 526 valence electrons. The van der Waals surface area contributed by atoms with E-state index in [-0.39, 0.29) is 17.4 Å². The summed E-state index contributed by atoms with van der Waals surface area (Å²) in [5.74, 6) is 13.4. The van der Waals surface area contributed by atoms with Crippen LogP contribution in [0.3, 0.4) is 0 Å². The molecule has 2 unspecified atom stereocenters. The molecule has 0 radical (unpaired) electrons. The highest BCUT2D eigenvalue weighted by Crippen LogP contribution is 2.67. The average molecular weight is 1260 g/mol. The molecule has 90 heavy (non-hydrogen) atoms. The molecule has 3 saturated heterocycles. The number of rotatable bonds is 0. The number of ether oxygens (including phenoxy) is 6. The number of fused-ring (bicyclic) bond motifs is 3. The third-order valence-electron chi connectivity index (χ3n) is 28.0. The van der Waals surface area contributed by atoms with Crippen LogP contribution in [0.2, 0.25) is 0 Å². The Morgan fingerprint density at radius 1 is 0.233 bits per heavy atom. The predicted molar refractivity (Wildman–Crippen MR) is 381 cm³/mol. The first kappa shape index (κ1) is 75.5. The second kappa shape index (κ2) is 37.1. The van der Waals surface area contributed by atoms with Crippen LogP contribution >= 0.6 is 0 Å². The van der Waals surface area contributed by atoms with E-state index in [0.717, 1.165) is 133 Å². The highest BCUT2D eigenvalue weighted by Gasteiger charge is 2.62. The first-order chi connectivity index (χ1) is 44.1. The van der Waals surface area contributed by atoms with Gasteiger partial charge in [-0.05, 0) is 282 Å². The van der Waals surface area contributed by atoms with Gasteiger partial charge in [0, 0.05) is 36.9 Å². The monoisotopic (exact) mass is 1260 g/mol. The highest BCUT2D eigenvalue weighted by molar-refractivity contribution is 5.08. The van der Waals surface area contributed by atoms with Crippen LogP contribution in [0.1, 0.15) is 378 Å². The molecule has 6 nitrogen and oxygen atoms in total. The third kappa shape index (κ3) is 18.3. The van der Waals surface area contributed by atoms with Crippen molar-refractivity contribution in [1.29, 1.82) is 0 Å². The molecule has 21 rings (SSSR count). The number of hydrogen-bond donors (Lipinski definition) is 0. The van der Waals surface area contributed by atoms with E-state index in [1.807, 2.05) is 83.1 Å². The maximum absolute atomic E-state index is 6.12. The van der Waals surface area contributed by atoms with Gasteiger partial charge in [0.15, 0.2) is 17.4 Å². The van der Waals surface area contributed by atoms with E-state index in [1.165, 1.54) is 166 Å². The summed E-state index contributed by atoms with van der Waals surface area (Å²) in [6.45, 7) is 29.2. The van der Waals surface area contributed by atoms with Gasteiger partial charge in [-0.1, -0.05) is 172 Å². The lowest BCUT2D eigenvalue weighted by molar-refractivity contribution is -0.358. The van der Waals surface area contributed by atoms with E-state index >= 15 is 0 Å². The molecule has 3 heterocycles. The van der Waals surface area contributed by atoms with Crippen LogP contribution in [0.5, 0.6) is 0 Å². The summed E-state index contributed by atoms with van der Waals surface area (Å²) < 4.78 is 35.1. The van der Waals surface area contributed by atoms with Crippen LogP contribution in [0.15, 0.2) is 0 Å². The van der Waals surface area contributed by atoms with Crippen molar-refractivity contribution < 1.29 is 28.4 Å². The zero-order valence-electron chi connectivity index (χ0n) is 62.3. The van der Waals surface area contributed by atoms with Gasteiger partial charge in [-0.25, -0.2) is 0 Å². The summed E-state index contributed by atoms with van der Waals surface area (Å²) in [6, 6.07) is 0. The molecule has 14 bridgehead atoms. The molecule has 0 aromatic heterocycles. The van der Waals surface area contributed by atoms with Crippen LogP contribution in [0, 0.1) is 99.1 Å². The summed E-state index contributed by atoms with van der Waals surface area (Å²) in [5.41, 5.74) is 2.58. The maximum atomic E-state index is 6.12. The molecule has 21 fully saturated rings. The standard InChI is InChI=1S/C16H26.C13H20O2.C13H22.C12H18O2.C12H22.C8H16O2.5C2H6/c1-2-4-6-16(5-3-1)14-8-12-7-13(10-14)11-15(16)9-12;1-2-14-13(15-3-1)11-5-9-4-10(7-11)8-12(13)6-9;1-2-4-8-13(7-3-1)10-11-5-6-12(13)9-11;1-2-14-12(13-1)10-4-8-3-9(6-10)7-11(12)5-8;1-2-5-9-12(8-4-1)10-6-3-7-11-12;1-8(2)9-6-4-3-5-7-10-8;5*1-2/h12-15H,1-11H2;9-12H,1-8H2;11-12H,1-10H2;8-11H,1-7H2;1-11H2;3-7H2,1-2H3;5*1-2H3. The Balaban J connectivity index is 0.000000136. The van der Waals surface area contributed by atoms with Gasteiger partial charge < -0.3 is 28.4 Å². The Labute approximate surface area is 560 Å². The topological polar surface area (TPSA) is 55.4 Å². The number of hydrogen-bond acceptors (Lipinski definition) is 6. The lowest BCUT2D eigenvalue weighted by Gasteiger charge is -2.62. The Bertz CT molecular complexity index is 1800. The van der Waals surface area contributed by atoms with Crippen LogP contribution in [0.4, 0.5) is 0 Å². The molecule has 3 aliphatic heterocycles. The summed E-state index contributed by atoms with van der Waals surface area (Å²) in [7, 11) is 0. The molecule has 0 N–H and O–H groups in total. The molecule has 0 aromatic carbocycles. The van der Waals surface area contributed by atoms with Gasteiger partial charge in [0.25, 0.3) is 0 Å². The predicted octanol–water partition coefficient (Wildman–Crippen LogP) is 25.1. The minimum Gasteiger partial charge on any atom is -0.351 e. The molecule has 21 aliphatic rings. The molecule has 5 spiro atoms. The van der Waals surface area contributed by atoms with Gasteiger partial charge in [0.2, 0.25) is 0 Å². The molecule has 6 heteroatoms. The van der Waals surface area contributed by atoms with Crippen LogP contribution in [-0.2, 0) is 28.4 Å². The molecule has 0 amide bonds. The van der Waals surface area contributed by atoms with E-state index in [9.17, 15) is 0 Å². The Hall–Kier alpha value is -0.240. The van der Waals surface area contributed by atoms with Crippen molar-refractivity contribution >= 4 is 0 Å². The fraction of sp³-hybridized carbons (Fsp3) is 1.00. The van der Waals surface area contributed by atoms with E-state index < -0.39 is 0 Å². The first-order valence-corrected chi connectivity index (χ1v) is 41.9. The summed E-state index contributed by atoms with van der Waals surface area (Å²) >= 11 is 0. The second-order valence-electron chi connectivity index (χ2n) is 33.2. The summed E-state index contributed by atoms with van der Waals surface area (Å²) in [5, 5.41) is 0. The zero-order valence-corrected chi connectivity index (χ0v) is 62.3. The third-order valence-corrected chi connectivity index (χ3v) is 28.0. The molecular formula is C84H154O6. The van der Waals surface area contributed by atoms with Gasteiger partial charge in [-0.3, -0.25) is 0 Å². The first-order valence-electron chi connectivity index (χ1n) is 41.9. The van der Waals surface area contributed by atoms with Crippen molar-refractivity contribution in [2.45, 2.75) is 396 Å². The molecule has 18 saturated carbocycles. The second-order valence-corrected chi connectivity index (χ2v) is 33.2.